The van der Waals surface area contributed by atoms with Gasteiger partial charge in [-0.3, -0.25) is 0 Å². The fourth-order valence-electron chi connectivity index (χ4n) is 2.37. The third-order valence-electron chi connectivity index (χ3n) is 3.35. The van der Waals surface area contributed by atoms with Crippen molar-refractivity contribution in [3.8, 4) is 5.75 Å². The van der Waals surface area contributed by atoms with Crippen LogP contribution in [0.5, 0.6) is 5.75 Å². The molecule has 0 bridgehead atoms. The van der Waals surface area contributed by atoms with Gasteiger partial charge in [0.05, 0.1) is 17.1 Å². The van der Waals surface area contributed by atoms with Crippen molar-refractivity contribution in [2.45, 2.75) is 19.4 Å². The Morgan fingerprint density at radius 1 is 1.38 bits per heavy atom. The zero-order valence-corrected chi connectivity index (χ0v) is 13.4. The van der Waals surface area contributed by atoms with Gasteiger partial charge >= 0.3 is 0 Å². The first-order chi connectivity index (χ1) is 10.3. The minimum Gasteiger partial charge on any atom is -0.493 e. The van der Waals surface area contributed by atoms with Crippen LogP contribution >= 0.6 is 15.9 Å². The molecule has 0 aliphatic carbocycles. The summed E-state index contributed by atoms with van der Waals surface area (Å²) in [6.45, 7) is 3.52. The van der Waals surface area contributed by atoms with E-state index in [4.69, 9.17) is 4.74 Å². The van der Waals surface area contributed by atoms with Gasteiger partial charge in [-0.05, 0) is 28.9 Å². The van der Waals surface area contributed by atoms with Crippen LogP contribution in [0.1, 0.15) is 24.9 Å². The van der Waals surface area contributed by atoms with Gasteiger partial charge < -0.3 is 15.4 Å². The molecule has 0 saturated heterocycles. The average molecular weight is 349 g/mol. The zero-order valence-electron chi connectivity index (χ0n) is 11.8. The van der Waals surface area contributed by atoms with E-state index in [0.29, 0.717) is 12.6 Å². The maximum atomic E-state index is 5.69. The van der Waals surface area contributed by atoms with Crippen LogP contribution in [0.4, 0.5) is 11.8 Å². The Balaban J connectivity index is 1.86. The Bertz CT molecular complexity index is 635. The number of fused-ring (bicyclic) bond motifs is 1. The number of ether oxygens (including phenoxy) is 1. The highest BCUT2D eigenvalue weighted by Gasteiger charge is 2.22. The molecule has 5 nitrogen and oxygen atoms in total. The molecule has 0 amide bonds. The first-order valence-electron chi connectivity index (χ1n) is 7.02. The van der Waals surface area contributed by atoms with Gasteiger partial charge in [-0.2, -0.15) is 4.98 Å². The summed E-state index contributed by atoms with van der Waals surface area (Å²) in [5.74, 6) is 2.37. The highest BCUT2D eigenvalue weighted by atomic mass is 79.9. The van der Waals surface area contributed by atoms with E-state index in [0.717, 1.165) is 29.0 Å². The first kappa shape index (κ1) is 14.1. The van der Waals surface area contributed by atoms with Gasteiger partial charge in [0.2, 0.25) is 5.95 Å². The molecule has 1 aromatic carbocycles. The fraction of sp³-hybridized carbons (Fsp3) is 0.333. The van der Waals surface area contributed by atoms with Crippen molar-refractivity contribution in [3.05, 3.63) is 40.5 Å². The molecule has 0 fully saturated rings. The Hall–Kier alpha value is -1.82. The van der Waals surface area contributed by atoms with Crippen LogP contribution in [0.2, 0.25) is 0 Å². The number of rotatable bonds is 4. The molecule has 1 aliphatic rings. The van der Waals surface area contributed by atoms with Crippen molar-refractivity contribution in [2.24, 2.45) is 0 Å². The molecular weight excluding hydrogens is 332 g/mol. The summed E-state index contributed by atoms with van der Waals surface area (Å²) in [7, 11) is 0. The molecule has 21 heavy (non-hydrogen) atoms. The molecule has 1 aromatic heterocycles. The molecule has 2 heterocycles. The van der Waals surface area contributed by atoms with Crippen LogP contribution < -0.4 is 15.4 Å². The van der Waals surface area contributed by atoms with Crippen LogP contribution in [0, 0.1) is 0 Å². The van der Waals surface area contributed by atoms with Gasteiger partial charge in [0, 0.05) is 24.7 Å². The van der Waals surface area contributed by atoms with Crippen molar-refractivity contribution in [1.82, 2.24) is 9.97 Å². The molecule has 3 rings (SSSR count). The minimum atomic E-state index is 0.190. The van der Waals surface area contributed by atoms with E-state index in [-0.39, 0.29) is 6.04 Å². The van der Waals surface area contributed by atoms with Crippen LogP contribution in [0.25, 0.3) is 0 Å². The number of anilines is 2. The highest BCUT2D eigenvalue weighted by molar-refractivity contribution is 9.10. The third-order valence-corrected chi connectivity index (χ3v) is 3.93. The zero-order chi connectivity index (χ0) is 14.7. The molecule has 6 heteroatoms. The monoisotopic (exact) mass is 348 g/mol. The normalized spacial score (nSPS) is 16.8. The minimum absolute atomic E-state index is 0.190. The molecule has 1 atom stereocenters. The van der Waals surface area contributed by atoms with Crippen molar-refractivity contribution >= 4 is 27.7 Å². The number of benzene rings is 1. The molecule has 2 aromatic rings. The SMILES string of the molecule is CCNc1ncc(Br)c(NC2CCOc3ccccc32)n1. The lowest BCUT2D eigenvalue weighted by atomic mass is 10.0. The largest absolute Gasteiger partial charge is 0.493 e. The molecule has 1 aliphatic heterocycles. The van der Waals surface area contributed by atoms with E-state index >= 15 is 0 Å². The van der Waals surface area contributed by atoms with Gasteiger partial charge in [0.25, 0.3) is 0 Å². The Kier molecular flexibility index (Phi) is 4.24. The van der Waals surface area contributed by atoms with E-state index in [2.05, 4.69) is 42.6 Å². The third kappa shape index (κ3) is 3.10. The number of halogens is 1. The molecular formula is C15H17BrN4O. The summed E-state index contributed by atoms with van der Waals surface area (Å²) in [4.78, 5) is 8.74. The number of hydrogen-bond acceptors (Lipinski definition) is 5. The summed E-state index contributed by atoms with van der Waals surface area (Å²) in [6.07, 6.45) is 2.67. The number of hydrogen-bond donors (Lipinski definition) is 2. The topological polar surface area (TPSA) is 59.1 Å². The molecule has 0 spiro atoms. The maximum Gasteiger partial charge on any atom is 0.224 e. The summed E-state index contributed by atoms with van der Waals surface area (Å²) in [5, 5.41) is 6.61. The van der Waals surface area contributed by atoms with Gasteiger partial charge in [0.1, 0.15) is 11.6 Å². The lowest BCUT2D eigenvalue weighted by Crippen LogP contribution is -2.21. The quantitative estimate of drug-likeness (QED) is 0.883. The lowest BCUT2D eigenvalue weighted by molar-refractivity contribution is 0.274. The molecule has 0 radical (unpaired) electrons. The number of para-hydroxylation sites is 1. The van der Waals surface area contributed by atoms with E-state index < -0.39 is 0 Å². The van der Waals surface area contributed by atoms with Crippen molar-refractivity contribution in [1.29, 1.82) is 0 Å². The van der Waals surface area contributed by atoms with Crippen molar-refractivity contribution < 1.29 is 4.74 Å². The number of aromatic nitrogens is 2. The fourth-order valence-corrected chi connectivity index (χ4v) is 2.67. The average Bonchev–Trinajstić information content (AvgIpc) is 2.51. The second kappa shape index (κ2) is 6.30. The summed E-state index contributed by atoms with van der Waals surface area (Å²) in [5.41, 5.74) is 1.17. The smallest absolute Gasteiger partial charge is 0.224 e. The predicted octanol–water partition coefficient (Wildman–Crippen LogP) is 3.61. The maximum absolute atomic E-state index is 5.69. The van der Waals surface area contributed by atoms with Gasteiger partial charge in [0.15, 0.2) is 0 Å². The summed E-state index contributed by atoms with van der Waals surface area (Å²) in [6, 6.07) is 8.30. The number of nitrogens with zero attached hydrogens (tertiary/aromatic N) is 2. The first-order valence-corrected chi connectivity index (χ1v) is 7.82. The van der Waals surface area contributed by atoms with E-state index in [1.807, 2.05) is 25.1 Å². The van der Waals surface area contributed by atoms with E-state index in [1.54, 1.807) is 6.20 Å². The van der Waals surface area contributed by atoms with Gasteiger partial charge in [-0.15, -0.1) is 0 Å². The van der Waals surface area contributed by atoms with Crippen LogP contribution in [-0.4, -0.2) is 23.1 Å². The lowest BCUT2D eigenvalue weighted by Gasteiger charge is -2.27. The van der Waals surface area contributed by atoms with E-state index in [1.165, 1.54) is 5.56 Å². The number of nitrogens with one attached hydrogen (secondary N) is 2. The Morgan fingerprint density at radius 2 is 2.24 bits per heavy atom. The predicted molar refractivity (Wildman–Crippen MR) is 86.8 cm³/mol. The van der Waals surface area contributed by atoms with Crippen LogP contribution in [0.15, 0.2) is 34.9 Å². The van der Waals surface area contributed by atoms with Crippen LogP contribution in [-0.2, 0) is 0 Å². The summed E-state index contributed by atoms with van der Waals surface area (Å²) < 4.78 is 6.54. The Labute approximate surface area is 132 Å². The van der Waals surface area contributed by atoms with Crippen molar-refractivity contribution in [2.75, 3.05) is 23.8 Å². The standard InChI is InChI=1S/C15H17BrN4O/c1-2-17-15-18-9-11(16)14(20-15)19-12-7-8-21-13-6-4-3-5-10(12)13/h3-6,9,12H,2,7-8H2,1H3,(H2,17,18,19,20). The van der Waals surface area contributed by atoms with Crippen LogP contribution in [0.3, 0.4) is 0 Å². The van der Waals surface area contributed by atoms with E-state index in [9.17, 15) is 0 Å². The van der Waals surface area contributed by atoms with Crippen molar-refractivity contribution in [3.63, 3.8) is 0 Å². The van der Waals surface area contributed by atoms with Gasteiger partial charge in [-0.25, -0.2) is 4.98 Å². The second-order valence-corrected chi connectivity index (χ2v) is 5.65. The Morgan fingerprint density at radius 3 is 3.10 bits per heavy atom. The molecule has 110 valence electrons. The highest BCUT2D eigenvalue weighted by Crippen LogP contribution is 2.35. The molecule has 0 saturated carbocycles. The van der Waals surface area contributed by atoms with Gasteiger partial charge in [-0.1, -0.05) is 18.2 Å². The molecule has 2 N–H and O–H groups in total. The molecule has 1 unspecified atom stereocenters. The second-order valence-electron chi connectivity index (χ2n) is 4.79. The summed E-state index contributed by atoms with van der Waals surface area (Å²) >= 11 is 3.50.